The van der Waals surface area contributed by atoms with Crippen molar-refractivity contribution in [3.05, 3.63) is 17.8 Å². The molecule has 1 aromatic rings. The molecular formula is C12H18N2O2. The number of aromatic nitrogens is 1. The summed E-state index contributed by atoms with van der Waals surface area (Å²) in [6.45, 7) is 0.716. The lowest BCUT2D eigenvalue weighted by molar-refractivity contribution is 0.364. The number of ether oxygens (including phenoxy) is 2. The SMILES string of the molecule is COc1ccnc(OC)c1CC1(CN)CC1. The van der Waals surface area contributed by atoms with Crippen LogP contribution in [0.3, 0.4) is 0 Å². The van der Waals surface area contributed by atoms with Crippen molar-refractivity contribution in [2.45, 2.75) is 19.3 Å². The monoisotopic (exact) mass is 222 g/mol. The summed E-state index contributed by atoms with van der Waals surface area (Å²) >= 11 is 0. The van der Waals surface area contributed by atoms with Crippen molar-refractivity contribution in [2.75, 3.05) is 20.8 Å². The zero-order chi connectivity index (χ0) is 11.6. The van der Waals surface area contributed by atoms with Crippen LogP contribution in [0.2, 0.25) is 0 Å². The summed E-state index contributed by atoms with van der Waals surface area (Å²) in [4.78, 5) is 4.21. The Morgan fingerprint density at radius 2 is 2.12 bits per heavy atom. The first-order valence-electron chi connectivity index (χ1n) is 5.50. The lowest BCUT2D eigenvalue weighted by Crippen LogP contribution is -2.18. The molecule has 1 aliphatic carbocycles. The molecule has 0 amide bonds. The van der Waals surface area contributed by atoms with Crippen molar-refractivity contribution in [1.29, 1.82) is 0 Å². The highest BCUT2D eigenvalue weighted by molar-refractivity contribution is 5.41. The van der Waals surface area contributed by atoms with Gasteiger partial charge in [0.05, 0.1) is 19.8 Å². The molecule has 88 valence electrons. The Morgan fingerprint density at radius 3 is 2.62 bits per heavy atom. The fourth-order valence-corrected chi connectivity index (χ4v) is 1.99. The molecule has 0 radical (unpaired) electrons. The summed E-state index contributed by atoms with van der Waals surface area (Å²) in [6, 6.07) is 1.87. The highest BCUT2D eigenvalue weighted by atomic mass is 16.5. The summed E-state index contributed by atoms with van der Waals surface area (Å²) in [5, 5.41) is 0. The molecule has 0 saturated heterocycles. The Balaban J connectivity index is 2.29. The Bertz CT molecular complexity index is 353. The number of pyridine rings is 1. The summed E-state index contributed by atoms with van der Waals surface area (Å²) in [7, 11) is 3.30. The van der Waals surface area contributed by atoms with Gasteiger partial charge in [-0.1, -0.05) is 0 Å². The van der Waals surface area contributed by atoms with Crippen LogP contribution < -0.4 is 15.2 Å². The van der Waals surface area contributed by atoms with Crippen LogP contribution in [0, 0.1) is 5.41 Å². The van der Waals surface area contributed by atoms with E-state index >= 15 is 0 Å². The summed E-state index contributed by atoms with van der Waals surface area (Å²) < 4.78 is 10.6. The van der Waals surface area contributed by atoms with E-state index in [1.54, 1.807) is 20.4 Å². The van der Waals surface area contributed by atoms with Crippen LogP contribution in [0.25, 0.3) is 0 Å². The van der Waals surface area contributed by atoms with Gasteiger partial charge >= 0.3 is 0 Å². The molecule has 0 aromatic carbocycles. The predicted molar refractivity (Wildman–Crippen MR) is 61.8 cm³/mol. The molecule has 2 rings (SSSR count). The van der Waals surface area contributed by atoms with Crippen molar-refractivity contribution in [2.24, 2.45) is 11.1 Å². The minimum absolute atomic E-state index is 0.254. The topological polar surface area (TPSA) is 57.4 Å². The molecule has 16 heavy (non-hydrogen) atoms. The molecule has 1 aliphatic rings. The summed E-state index contributed by atoms with van der Waals surface area (Å²) in [5.74, 6) is 1.49. The van der Waals surface area contributed by atoms with Gasteiger partial charge in [-0.25, -0.2) is 4.98 Å². The average molecular weight is 222 g/mol. The van der Waals surface area contributed by atoms with E-state index < -0.39 is 0 Å². The second-order valence-electron chi connectivity index (χ2n) is 4.38. The van der Waals surface area contributed by atoms with E-state index in [0.29, 0.717) is 12.4 Å². The molecule has 1 heterocycles. The zero-order valence-corrected chi connectivity index (χ0v) is 9.82. The number of rotatable bonds is 5. The minimum Gasteiger partial charge on any atom is -0.496 e. The van der Waals surface area contributed by atoms with E-state index in [4.69, 9.17) is 15.2 Å². The molecule has 4 nitrogen and oxygen atoms in total. The largest absolute Gasteiger partial charge is 0.496 e. The van der Waals surface area contributed by atoms with E-state index in [9.17, 15) is 0 Å². The smallest absolute Gasteiger partial charge is 0.220 e. The number of hydrogen-bond acceptors (Lipinski definition) is 4. The van der Waals surface area contributed by atoms with Gasteiger partial charge in [-0.2, -0.15) is 0 Å². The highest BCUT2D eigenvalue weighted by Gasteiger charge is 2.42. The molecule has 4 heteroatoms. The molecule has 1 fully saturated rings. The molecule has 0 unspecified atom stereocenters. The second-order valence-corrected chi connectivity index (χ2v) is 4.38. The van der Waals surface area contributed by atoms with Gasteiger partial charge in [-0.15, -0.1) is 0 Å². The van der Waals surface area contributed by atoms with Crippen LogP contribution in [0.4, 0.5) is 0 Å². The summed E-state index contributed by atoms with van der Waals surface area (Å²) in [6.07, 6.45) is 4.96. The molecular weight excluding hydrogens is 204 g/mol. The van der Waals surface area contributed by atoms with Crippen LogP contribution >= 0.6 is 0 Å². The normalized spacial score (nSPS) is 16.9. The van der Waals surface area contributed by atoms with Crippen molar-refractivity contribution in [3.63, 3.8) is 0 Å². The molecule has 0 spiro atoms. The lowest BCUT2D eigenvalue weighted by atomic mass is 9.97. The maximum absolute atomic E-state index is 5.80. The van der Waals surface area contributed by atoms with Crippen molar-refractivity contribution in [3.8, 4) is 11.6 Å². The Hall–Kier alpha value is -1.29. The molecule has 0 bridgehead atoms. The highest BCUT2D eigenvalue weighted by Crippen LogP contribution is 2.49. The first kappa shape index (κ1) is 11.2. The van der Waals surface area contributed by atoms with Crippen LogP contribution in [-0.4, -0.2) is 25.7 Å². The zero-order valence-electron chi connectivity index (χ0n) is 9.82. The number of hydrogen-bond donors (Lipinski definition) is 1. The molecule has 1 saturated carbocycles. The van der Waals surface area contributed by atoms with Gasteiger partial charge in [0.1, 0.15) is 5.75 Å². The van der Waals surface area contributed by atoms with Crippen LogP contribution in [-0.2, 0) is 6.42 Å². The van der Waals surface area contributed by atoms with Gasteiger partial charge in [-0.05, 0) is 37.3 Å². The maximum Gasteiger partial charge on any atom is 0.220 e. The third-order valence-electron chi connectivity index (χ3n) is 3.33. The van der Waals surface area contributed by atoms with Gasteiger partial charge in [0, 0.05) is 6.20 Å². The first-order valence-corrected chi connectivity index (χ1v) is 5.50. The Morgan fingerprint density at radius 1 is 1.38 bits per heavy atom. The van der Waals surface area contributed by atoms with Gasteiger partial charge in [0.25, 0.3) is 0 Å². The van der Waals surface area contributed by atoms with Crippen molar-refractivity contribution in [1.82, 2.24) is 4.98 Å². The molecule has 1 aromatic heterocycles. The third kappa shape index (κ3) is 1.97. The number of nitrogens with zero attached hydrogens (tertiary/aromatic N) is 1. The fraction of sp³-hybridized carbons (Fsp3) is 0.583. The third-order valence-corrected chi connectivity index (χ3v) is 3.33. The first-order chi connectivity index (χ1) is 7.74. The van der Waals surface area contributed by atoms with E-state index in [-0.39, 0.29) is 5.41 Å². The summed E-state index contributed by atoms with van der Waals surface area (Å²) in [5.41, 5.74) is 7.09. The number of nitrogens with two attached hydrogens (primary N) is 1. The van der Waals surface area contributed by atoms with Gasteiger partial charge in [0.2, 0.25) is 5.88 Å². The minimum atomic E-state index is 0.254. The van der Waals surface area contributed by atoms with Gasteiger partial charge in [0.15, 0.2) is 0 Å². The van der Waals surface area contributed by atoms with Crippen LogP contribution in [0.1, 0.15) is 18.4 Å². The maximum atomic E-state index is 5.80. The molecule has 0 aliphatic heterocycles. The molecule has 2 N–H and O–H groups in total. The number of methoxy groups -OCH3 is 2. The van der Waals surface area contributed by atoms with Gasteiger partial charge in [-0.3, -0.25) is 0 Å². The second kappa shape index (κ2) is 4.29. The fourth-order valence-electron chi connectivity index (χ4n) is 1.99. The van der Waals surface area contributed by atoms with Crippen LogP contribution in [0.5, 0.6) is 11.6 Å². The Kier molecular flexibility index (Phi) is 3.01. The van der Waals surface area contributed by atoms with E-state index in [0.717, 1.165) is 17.7 Å². The lowest BCUT2D eigenvalue weighted by Gasteiger charge is -2.16. The van der Waals surface area contributed by atoms with Crippen molar-refractivity contribution < 1.29 is 9.47 Å². The van der Waals surface area contributed by atoms with E-state index in [1.807, 2.05) is 6.07 Å². The average Bonchev–Trinajstić information content (AvgIpc) is 3.10. The van der Waals surface area contributed by atoms with Crippen molar-refractivity contribution >= 4 is 0 Å². The standard InChI is InChI=1S/C12H18N2O2/c1-15-10-3-6-14-11(16-2)9(10)7-12(8-13)4-5-12/h3,6H,4-5,7-8,13H2,1-2H3. The van der Waals surface area contributed by atoms with E-state index in [2.05, 4.69) is 4.98 Å². The Labute approximate surface area is 95.8 Å². The molecule has 0 atom stereocenters. The van der Waals surface area contributed by atoms with Gasteiger partial charge < -0.3 is 15.2 Å². The predicted octanol–water partition coefficient (Wildman–Crippen LogP) is 1.38. The van der Waals surface area contributed by atoms with Crippen LogP contribution in [0.15, 0.2) is 12.3 Å². The van der Waals surface area contributed by atoms with E-state index in [1.165, 1.54) is 12.8 Å². The quantitative estimate of drug-likeness (QED) is 0.817.